The molecular formula is C11H21NO4S. The maximum Gasteiger partial charge on any atom is 0.409 e. The molecule has 0 spiro atoms. The highest BCUT2D eigenvalue weighted by Crippen LogP contribution is 2.23. The van der Waals surface area contributed by atoms with Crippen molar-refractivity contribution in [3.63, 3.8) is 0 Å². The lowest BCUT2D eigenvalue weighted by Crippen LogP contribution is -2.37. The van der Waals surface area contributed by atoms with Gasteiger partial charge in [-0.1, -0.05) is 39.5 Å². The number of aliphatic hydroxyl groups excluding tert-OH is 1. The van der Waals surface area contributed by atoms with E-state index in [9.17, 15) is 9.59 Å². The van der Waals surface area contributed by atoms with Crippen LogP contribution in [0.5, 0.6) is 0 Å². The summed E-state index contributed by atoms with van der Waals surface area (Å²) in [7, 11) is 0. The van der Waals surface area contributed by atoms with Gasteiger partial charge in [0.25, 0.3) is 0 Å². The second-order valence-electron chi connectivity index (χ2n) is 4.66. The van der Waals surface area contributed by atoms with Crippen LogP contribution < -0.4 is 5.32 Å². The van der Waals surface area contributed by atoms with E-state index in [1.54, 1.807) is 0 Å². The van der Waals surface area contributed by atoms with Crippen LogP contribution in [-0.2, 0) is 9.53 Å². The third-order valence-corrected chi connectivity index (χ3v) is 3.48. The minimum absolute atomic E-state index is 0.0910. The molecule has 0 radical (unpaired) electrons. The van der Waals surface area contributed by atoms with E-state index in [1.807, 2.05) is 27.7 Å². The predicted octanol–water partition coefficient (Wildman–Crippen LogP) is 1.75. The molecule has 0 aliphatic carbocycles. The van der Waals surface area contributed by atoms with E-state index in [0.29, 0.717) is 12.2 Å². The Labute approximate surface area is 106 Å². The molecule has 0 heterocycles. The van der Waals surface area contributed by atoms with E-state index in [4.69, 9.17) is 5.11 Å². The lowest BCUT2D eigenvalue weighted by atomic mass is 10.00. The van der Waals surface area contributed by atoms with Crippen LogP contribution >= 0.6 is 11.8 Å². The van der Waals surface area contributed by atoms with Crippen LogP contribution in [-0.4, -0.2) is 34.9 Å². The molecule has 5 nitrogen and oxygen atoms in total. The normalized spacial score (nSPS) is 13.0. The summed E-state index contributed by atoms with van der Waals surface area (Å²) in [5.41, 5.74) is -0.380. The van der Waals surface area contributed by atoms with E-state index in [1.165, 1.54) is 11.8 Å². The summed E-state index contributed by atoms with van der Waals surface area (Å²) in [5.74, 6) is 0.507. The van der Waals surface area contributed by atoms with Gasteiger partial charge >= 0.3 is 6.09 Å². The maximum atomic E-state index is 11.7. The zero-order valence-corrected chi connectivity index (χ0v) is 11.6. The van der Waals surface area contributed by atoms with Crippen LogP contribution in [0.2, 0.25) is 0 Å². The molecular weight excluding hydrogens is 242 g/mol. The lowest BCUT2D eigenvalue weighted by Gasteiger charge is -2.19. The Morgan fingerprint density at radius 2 is 2.00 bits per heavy atom. The quantitative estimate of drug-likeness (QED) is 0.739. The minimum Gasteiger partial charge on any atom is -0.423 e. The van der Waals surface area contributed by atoms with Gasteiger partial charge in [-0.25, -0.2) is 4.79 Å². The summed E-state index contributed by atoms with van der Waals surface area (Å²) in [4.78, 5) is 22.7. The molecule has 0 aliphatic heterocycles. The number of thioether (sulfide) groups is 1. The summed E-state index contributed by atoms with van der Waals surface area (Å²) in [6, 6.07) is -0.134. The van der Waals surface area contributed by atoms with Gasteiger partial charge in [0.05, 0.1) is 0 Å². The van der Waals surface area contributed by atoms with Gasteiger partial charge in [-0.15, -0.1) is 0 Å². The molecule has 0 saturated carbocycles. The molecule has 1 atom stereocenters. The van der Waals surface area contributed by atoms with E-state index >= 15 is 0 Å². The summed E-state index contributed by atoms with van der Waals surface area (Å²) in [5, 5.41) is 11.1. The summed E-state index contributed by atoms with van der Waals surface area (Å²) in [6.45, 7) is 6.84. The van der Waals surface area contributed by atoms with Crippen LogP contribution in [0.4, 0.5) is 4.79 Å². The Balaban J connectivity index is 4.07. The molecule has 0 fully saturated rings. The molecule has 0 aromatic rings. The number of rotatable bonds is 5. The molecule has 0 unspecified atom stereocenters. The fraction of sp³-hybridized carbons (Fsp3) is 0.818. The van der Waals surface area contributed by atoms with Gasteiger partial charge in [0.2, 0.25) is 0 Å². The van der Waals surface area contributed by atoms with Crippen molar-refractivity contribution in [2.24, 2.45) is 5.41 Å². The number of hydrogen-bond donors (Lipinski definition) is 2. The average Bonchev–Trinajstić information content (AvgIpc) is 2.22. The third kappa shape index (κ3) is 7.23. The fourth-order valence-corrected chi connectivity index (χ4v) is 2.03. The van der Waals surface area contributed by atoms with Crippen molar-refractivity contribution in [3.8, 4) is 0 Å². The number of aliphatic hydroxyl groups is 1. The van der Waals surface area contributed by atoms with Gasteiger partial charge in [0.15, 0.2) is 11.9 Å². The number of alkyl carbamates (subject to hydrolysis) is 1. The first-order valence-electron chi connectivity index (χ1n) is 5.52. The van der Waals surface area contributed by atoms with Crippen LogP contribution in [0, 0.1) is 5.41 Å². The second-order valence-corrected chi connectivity index (χ2v) is 5.65. The predicted molar refractivity (Wildman–Crippen MR) is 67.7 cm³/mol. The van der Waals surface area contributed by atoms with Crippen molar-refractivity contribution < 1.29 is 19.4 Å². The first-order chi connectivity index (χ1) is 7.81. The number of carbonyl (C=O) groups is 2. The molecule has 0 saturated heterocycles. The van der Waals surface area contributed by atoms with Gasteiger partial charge in [-0.2, -0.15) is 0 Å². The third-order valence-electron chi connectivity index (χ3n) is 2.04. The zero-order chi connectivity index (χ0) is 13.5. The lowest BCUT2D eigenvalue weighted by molar-refractivity contribution is -0.117. The Hall–Kier alpha value is -0.750. The van der Waals surface area contributed by atoms with Crippen molar-refractivity contribution in [1.29, 1.82) is 0 Å². The Bertz CT molecular complexity index is 263. The molecule has 0 aromatic carbocycles. The van der Waals surface area contributed by atoms with Crippen molar-refractivity contribution in [1.82, 2.24) is 5.32 Å². The first-order valence-corrected chi connectivity index (χ1v) is 6.51. The van der Waals surface area contributed by atoms with E-state index in [-0.39, 0.29) is 16.6 Å². The maximum absolute atomic E-state index is 11.7. The van der Waals surface area contributed by atoms with Gasteiger partial charge in [0, 0.05) is 17.2 Å². The van der Waals surface area contributed by atoms with Crippen LogP contribution in [0.25, 0.3) is 0 Å². The Morgan fingerprint density at radius 3 is 2.41 bits per heavy atom. The van der Waals surface area contributed by atoms with Gasteiger partial charge < -0.3 is 15.2 Å². The zero-order valence-electron chi connectivity index (χ0n) is 10.8. The highest BCUT2D eigenvalue weighted by atomic mass is 32.2. The van der Waals surface area contributed by atoms with Gasteiger partial charge in [-0.3, -0.25) is 4.79 Å². The topological polar surface area (TPSA) is 75.6 Å². The summed E-state index contributed by atoms with van der Waals surface area (Å²) in [6.07, 6.45) is 0.0356. The van der Waals surface area contributed by atoms with Crippen LogP contribution in [0.3, 0.4) is 0 Å². The SMILES string of the molecule is CC[C@H](CSC(=O)C(C)(C)C)NC(=O)OCO. The standard InChI is InChI=1S/C11H21NO4S/c1-5-8(12-10(15)16-7-13)6-17-9(14)11(2,3)4/h8,13H,5-7H2,1-4H3,(H,12,15)/t8-/m1/s1. The van der Waals surface area contributed by atoms with Crippen LogP contribution in [0.1, 0.15) is 34.1 Å². The van der Waals surface area contributed by atoms with E-state index in [0.717, 1.165) is 0 Å². The smallest absolute Gasteiger partial charge is 0.409 e. The Morgan fingerprint density at radius 1 is 1.41 bits per heavy atom. The van der Waals surface area contributed by atoms with Crippen molar-refractivity contribution >= 4 is 23.0 Å². The monoisotopic (exact) mass is 263 g/mol. The molecule has 0 bridgehead atoms. The van der Waals surface area contributed by atoms with Crippen LogP contribution in [0.15, 0.2) is 0 Å². The number of nitrogens with one attached hydrogen (secondary N) is 1. The molecule has 2 N–H and O–H groups in total. The summed E-state index contributed by atoms with van der Waals surface area (Å²) < 4.78 is 4.36. The second kappa shape index (κ2) is 7.55. The molecule has 1 amide bonds. The number of hydrogen-bond acceptors (Lipinski definition) is 5. The minimum atomic E-state index is -0.664. The summed E-state index contributed by atoms with van der Waals surface area (Å²) >= 11 is 1.20. The van der Waals surface area contributed by atoms with Gasteiger partial charge in [0.1, 0.15) is 0 Å². The molecule has 0 aromatic heterocycles. The molecule has 0 aliphatic rings. The van der Waals surface area contributed by atoms with Crippen molar-refractivity contribution in [2.75, 3.05) is 12.5 Å². The van der Waals surface area contributed by atoms with Crippen molar-refractivity contribution in [2.45, 2.75) is 40.2 Å². The Kier molecular flexibility index (Phi) is 7.22. The molecule has 6 heteroatoms. The first kappa shape index (κ1) is 16.2. The molecule has 100 valence electrons. The van der Waals surface area contributed by atoms with E-state index < -0.39 is 12.9 Å². The van der Waals surface area contributed by atoms with Crippen molar-refractivity contribution in [3.05, 3.63) is 0 Å². The largest absolute Gasteiger partial charge is 0.423 e. The number of ether oxygens (including phenoxy) is 1. The fourth-order valence-electron chi connectivity index (χ4n) is 0.921. The average molecular weight is 263 g/mol. The molecule has 0 rings (SSSR count). The number of amides is 1. The van der Waals surface area contributed by atoms with E-state index in [2.05, 4.69) is 10.1 Å². The number of carbonyl (C=O) groups excluding carboxylic acids is 2. The highest BCUT2D eigenvalue weighted by Gasteiger charge is 2.23. The highest BCUT2D eigenvalue weighted by molar-refractivity contribution is 8.13. The van der Waals surface area contributed by atoms with Gasteiger partial charge in [-0.05, 0) is 6.42 Å². The molecule has 17 heavy (non-hydrogen) atoms.